The van der Waals surface area contributed by atoms with E-state index in [0.717, 1.165) is 17.9 Å². The van der Waals surface area contributed by atoms with Gasteiger partial charge in [-0.25, -0.2) is 0 Å². The first-order chi connectivity index (χ1) is 10.7. The molecule has 120 valence electrons. The Bertz CT molecular complexity index is 508. The maximum Gasteiger partial charge on any atom is 0.251 e. The summed E-state index contributed by atoms with van der Waals surface area (Å²) in [6.07, 6.45) is 8.16. The monoisotopic (exact) mass is 302 g/mol. The minimum absolute atomic E-state index is 0.106. The van der Waals surface area contributed by atoms with Gasteiger partial charge in [0.25, 0.3) is 5.91 Å². The maximum absolute atomic E-state index is 11.9. The Morgan fingerprint density at radius 3 is 2.68 bits per heavy atom. The molecule has 1 aromatic rings. The predicted molar refractivity (Wildman–Crippen MR) is 87.5 cm³/mol. The standard InChI is InChI=1S/C18H26N2O2/c1-19-18(22)16-9-5-8-15(12-16)13-20-17(21)11-10-14-6-3-2-4-7-14/h5,8-9,12,14H,2-4,6-7,10-11,13H2,1H3,(H,19,22)(H,20,21). The van der Waals surface area contributed by atoms with Gasteiger partial charge in [-0.2, -0.15) is 0 Å². The lowest BCUT2D eigenvalue weighted by Crippen LogP contribution is -2.24. The summed E-state index contributed by atoms with van der Waals surface area (Å²) < 4.78 is 0. The highest BCUT2D eigenvalue weighted by atomic mass is 16.2. The highest BCUT2D eigenvalue weighted by Crippen LogP contribution is 2.27. The number of rotatable bonds is 6. The van der Waals surface area contributed by atoms with Crippen LogP contribution in [0.5, 0.6) is 0 Å². The fraction of sp³-hybridized carbons (Fsp3) is 0.556. The van der Waals surface area contributed by atoms with Crippen molar-refractivity contribution >= 4 is 11.8 Å². The van der Waals surface area contributed by atoms with Crippen molar-refractivity contribution in [2.24, 2.45) is 5.92 Å². The number of amides is 2. The molecule has 1 saturated carbocycles. The summed E-state index contributed by atoms with van der Waals surface area (Å²) in [6.45, 7) is 0.480. The van der Waals surface area contributed by atoms with Gasteiger partial charge in [-0.3, -0.25) is 9.59 Å². The number of carbonyl (C=O) groups excluding carboxylic acids is 2. The fourth-order valence-electron chi connectivity index (χ4n) is 3.07. The van der Waals surface area contributed by atoms with Crippen LogP contribution in [0, 0.1) is 5.92 Å². The molecule has 0 bridgehead atoms. The minimum Gasteiger partial charge on any atom is -0.355 e. The molecule has 0 saturated heterocycles. The Kier molecular flexibility index (Phi) is 6.44. The van der Waals surface area contributed by atoms with Gasteiger partial charge in [0.15, 0.2) is 0 Å². The highest BCUT2D eigenvalue weighted by molar-refractivity contribution is 5.94. The zero-order chi connectivity index (χ0) is 15.8. The molecular weight excluding hydrogens is 276 g/mol. The van der Waals surface area contributed by atoms with Gasteiger partial charge in [-0.05, 0) is 30.0 Å². The molecule has 22 heavy (non-hydrogen) atoms. The molecule has 0 heterocycles. The third kappa shape index (κ3) is 5.17. The van der Waals surface area contributed by atoms with E-state index in [-0.39, 0.29) is 11.8 Å². The SMILES string of the molecule is CNC(=O)c1cccc(CNC(=O)CCC2CCCCC2)c1. The van der Waals surface area contributed by atoms with Gasteiger partial charge in [0, 0.05) is 25.6 Å². The second-order valence-electron chi connectivity index (χ2n) is 6.10. The summed E-state index contributed by atoms with van der Waals surface area (Å²) in [5.41, 5.74) is 1.57. The Morgan fingerprint density at radius 1 is 1.18 bits per heavy atom. The van der Waals surface area contributed by atoms with Crippen molar-refractivity contribution < 1.29 is 9.59 Å². The zero-order valence-electron chi connectivity index (χ0n) is 13.4. The fourth-order valence-corrected chi connectivity index (χ4v) is 3.07. The van der Waals surface area contributed by atoms with Crippen molar-refractivity contribution in [3.63, 3.8) is 0 Å². The summed E-state index contributed by atoms with van der Waals surface area (Å²) >= 11 is 0. The number of carbonyl (C=O) groups is 2. The van der Waals surface area contributed by atoms with Gasteiger partial charge in [-0.1, -0.05) is 44.2 Å². The van der Waals surface area contributed by atoms with E-state index in [9.17, 15) is 9.59 Å². The molecule has 0 unspecified atom stereocenters. The Balaban J connectivity index is 1.74. The summed E-state index contributed by atoms with van der Waals surface area (Å²) in [6, 6.07) is 7.36. The largest absolute Gasteiger partial charge is 0.355 e. The van der Waals surface area contributed by atoms with Crippen molar-refractivity contribution in [2.45, 2.75) is 51.5 Å². The van der Waals surface area contributed by atoms with Crippen molar-refractivity contribution in [1.82, 2.24) is 10.6 Å². The zero-order valence-corrected chi connectivity index (χ0v) is 13.4. The lowest BCUT2D eigenvalue weighted by Gasteiger charge is -2.21. The number of hydrogen-bond acceptors (Lipinski definition) is 2. The van der Waals surface area contributed by atoms with E-state index >= 15 is 0 Å². The summed E-state index contributed by atoms with van der Waals surface area (Å²) in [5, 5.41) is 5.56. The molecule has 2 rings (SSSR count). The van der Waals surface area contributed by atoms with Crippen LogP contribution in [0.15, 0.2) is 24.3 Å². The van der Waals surface area contributed by atoms with E-state index < -0.39 is 0 Å². The molecule has 1 aliphatic carbocycles. The molecule has 1 fully saturated rings. The van der Waals surface area contributed by atoms with E-state index in [4.69, 9.17) is 0 Å². The normalized spacial score (nSPS) is 15.3. The molecular formula is C18H26N2O2. The van der Waals surface area contributed by atoms with Gasteiger partial charge in [0.05, 0.1) is 0 Å². The molecule has 2 N–H and O–H groups in total. The van der Waals surface area contributed by atoms with Crippen LogP contribution in [-0.4, -0.2) is 18.9 Å². The van der Waals surface area contributed by atoms with Gasteiger partial charge >= 0.3 is 0 Å². The molecule has 0 spiro atoms. The summed E-state index contributed by atoms with van der Waals surface area (Å²) in [7, 11) is 1.61. The molecule has 0 aliphatic heterocycles. The van der Waals surface area contributed by atoms with Crippen LogP contribution in [0.3, 0.4) is 0 Å². The average molecular weight is 302 g/mol. The van der Waals surface area contributed by atoms with Crippen LogP contribution < -0.4 is 10.6 Å². The van der Waals surface area contributed by atoms with E-state index in [1.165, 1.54) is 32.1 Å². The van der Waals surface area contributed by atoms with Crippen molar-refractivity contribution in [2.75, 3.05) is 7.05 Å². The summed E-state index contributed by atoms with van der Waals surface area (Å²) in [5.74, 6) is 0.734. The lowest BCUT2D eigenvalue weighted by atomic mass is 9.86. The molecule has 0 aromatic heterocycles. The van der Waals surface area contributed by atoms with Crippen molar-refractivity contribution in [3.8, 4) is 0 Å². The topological polar surface area (TPSA) is 58.2 Å². The Morgan fingerprint density at radius 2 is 1.95 bits per heavy atom. The quantitative estimate of drug-likeness (QED) is 0.848. The minimum atomic E-state index is -0.106. The van der Waals surface area contributed by atoms with Crippen LogP contribution in [0.4, 0.5) is 0 Å². The Labute approximate surface area is 132 Å². The highest BCUT2D eigenvalue weighted by Gasteiger charge is 2.14. The van der Waals surface area contributed by atoms with E-state index in [0.29, 0.717) is 18.5 Å². The molecule has 0 atom stereocenters. The van der Waals surface area contributed by atoms with Gasteiger partial charge in [-0.15, -0.1) is 0 Å². The second kappa shape index (κ2) is 8.57. The van der Waals surface area contributed by atoms with Crippen LogP contribution in [-0.2, 0) is 11.3 Å². The number of hydrogen-bond donors (Lipinski definition) is 2. The van der Waals surface area contributed by atoms with E-state index in [2.05, 4.69) is 10.6 Å². The smallest absolute Gasteiger partial charge is 0.251 e. The van der Waals surface area contributed by atoms with Gasteiger partial charge < -0.3 is 10.6 Å². The van der Waals surface area contributed by atoms with Gasteiger partial charge in [0.2, 0.25) is 5.91 Å². The molecule has 1 aromatic carbocycles. The predicted octanol–water partition coefficient (Wildman–Crippen LogP) is 3.02. The number of nitrogens with one attached hydrogen (secondary N) is 2. The molecule has 2 amide bonds. The first kappa shape index (κ1) is 16.5. The van der Waals surface area contributed by atoms with Crippen LogP contribution in [0.2, 0.25) is 0 Å². The van der Waals surface area contributed by atoms with Crippen molar-refractivity contribution in [3.05, 3.63) is 35.4 Å². The van der Waals surface area contributed by atoms with Crippen LogP contribution in [0.1, 0.15) is 60.9 Å². The van der Waals surface area contributed by atoms with Crippen molar-refractivity contribution in [1.29, 1.82) is 0 Å². The molecule has 4 nitrogen and oxygen atoms in total. The van der Waals surface area contributed by atoms with E-state index in [1.807, 2.05) is 18.2 Å². The average Bonchev–Trinajstić information content (AvgIpc) is 2.58. The lowest BCUT2D eigenvalue weighted by molar-refractivity contribution is -0.121. The molecule has 1 aliphatic rings. The third-order valence-corrected chi connectivity index (χ3v) is 4.41. The first-order valence-electron chi connectivity index (χ1n) is 8.27. The Hall–Kier alpha value is -1.84. The first-order valence-corrected chi connectivity index (χ1v) is 8.27. The van der Waals surface area contributed by atoms with Gasteiger partial charge in [0.1, 0.15) is 0 Å². The molecule has 4 heteroatoms. The van der Waals surface area contributed by atoms with E-state index in [1.54, 1.807) is 13.1 Å². The molecule has 0 radical (unpaired) electrons. The maximum atomic E-state index is 11.9. The third-order valence-electron chi connectivity index (χ3n) is 4.41. The van der Waals surface area contributed by atoms with Crippen LogP contribution in [0.25, 0.3) is 0 Å². The number of benzene rings is 1. The van der Waals surface area contributed by atoms with Crippen LogP contribution >= 0.6 is 0 Å². The second-order valence-corrected chi connectivity index (χ2v) is 6.10. The summed E-state index contributed by atoms with van der Waals surface area (Å²) in [4.78, 5) is 23.5.